The molecule has 57 heavy (non-hydrogen) atoms. The van der Waals surface area contributed by atoms with Crippen molar-refractivity contribution in [1.29, 1.82) is 0 Å². The van der Waals surface area contributed by atoms with Crippen molar-refractivity contribution in [3.05, 3.63) is 205 Å². The number of rotatable bonds is 8. The highest BCUT2D eigenvalue weighted by Gasteiger charge is 2.28. The molecule has 2 atom stereocenters. The largest absolute Gasteiger partial charge is 0.345 e. The van der Waals surface area contributed by atoms with Crippen LogP contribution in [0.15, 0.2) is 194 Å². The van der Waals surface area contributed by atoms with E-state index in [2.05, 4.69) is 218 Å². The maximum atomic E-state index is 2.47. The van der Waals surface area contributed by atoms with E-state index in [-0.39, 0.29) is 0 Å². The van der Waals surface area contributed by atoms with E-state index >= 15 is 0 Å². The second-order valence-electron chi connectivity index (χ2n) is 16.0. The molecule has 1 saturated carbocycles. The molecule has 2 unspecified atom stereocenters. The van der Waals surface area contributed by atoms with Crippen LogP contribution in [-0.4, -0.2) is 7.05 Å². The number of hydrogen-bond donors (Lipinski definition) is 0. The van der Waals surface area contributed by atoms with Crippen molar-refractivity contribution in [3.8, 4) is 33.4 Å². The van der Waals surface area contributed by atoms with Crippen molar-refractivity contribution >= 4 is 45.3 Å². The molecule has 2 bridgehead atoms. The van der Waals surface area contributed by atoms with Gasteiger partial charge in [-0.1, -0.05) is 146 Å². The molecule has 0 saturated heterocycles. The third kappa shape index (κ3) is 6.83. The highest BCUT2D eigenvalue weighted by Crippen LogP contribution is 2.46. The maximum Gasteiger partial charge on any atom is 0.0540 e. The topological polar surface area (TPSA) is 6.48 Å². The van der Waals surface area contributed by atoms with Crippen LogP contribution in [0.5, 0.6) is 0 Å². The molecule has 0 N–H and O–H groups in total. The average Bonchev–Trinajstić information content (AvgIpc) is 3.27. The maximum absolute atomic E-state index is 2.47. The highest BCUT2D eigenvalue weighted by molar-refractivity contribution is 5.99. The van der Waals surface area contributed by atoms with E-state index in [1.165, 1.54) is 80.2 Å². The fourth-order valence-electron chi connectivity index (χ4n) is 9.30. The van der Waals surface area contributed by atoms with Gasteiger partial charge in [-0.25, -0.2) is 0 Å². The molecule has 0 radical (unpaired) electrons. The molecule has 2 heteroatoms. The molecule has 1 fully saturated rings. The first-order valence-electron chi connectivity index (χ1n) is 20.4. The zero-order valence-electron chi connectivity index (χ0n) is 32.6. The zero-order chi connectivity index (χ0) is 38.3. The predicted octanol–water partition coefficient (Wildman–Crippen LogP) is 15.4. The van der Waals surface area contributed by atoms with E-state index in [0.717, 1.165) is 28.7 Å². The van der Waals surface area contributed by atoms with Gasteiger partial charge in [-0.2, -0.15) is 0 Å². The summed E-state index contributed by atoms with van der Waals surface area (Å²) in [5.74, 6) is 1.49. The van der Waals surface area contributed by atoms with Crippen LogP contribution in [0.1, 0.15) is 43.2 Å². The monoisotopic (exact) mass is 734 g/mol. The summed E-state index contributed by atoms with van der Waals surface area (Å²) in [4.78, 5) is 4.64. The van der Waals surface area contributed by atoms with Crippen LogP contribution in [-0.2, 0) is 0 Å². The van der Waals surface area contributed by atoms with Crippen LogP contribution in [0.2, 0.25) is 0 Å². The minimum Gasteiger partial charge on any atom is -0.345 e. The van der Waals surface area contributed by atoms with E-state index in [4.69, 9.17) is 0 Å². The van der Waals surface area contributed by atoms with Gasteiger partial charge in [-0.05, 0) is 142 Å². The first kappa shape index (κ1) is 34.8. The summed E-state index contributed by atoms with van der Waals surface area (Å²) in [6.07, 6.45) is 6.29. The molecule has 0 amide bonds. The summed E-state index contributed by atoms with van der Waals surface area (Å²) in [6.45, 7) is 2.40. The van der Waals surface area contributed by atoms with E-state index in [9.17, 15) is 0 Å². The predicted molar refractivity (Wildman–Crippen MR) is 243 cm³/mol. The minimum atomic E-state index is 0.694. The van der Waals surface area contributed by atoms with Crippen molar-refractivity contribution in [2.24, 2.45) is 5.92 Å². The molecule has 2 nitrogen and oxygen atoms in total. The van der Waals surface area contributed by atoms with Gasteiger partial charge < -0.3 is 9.80 Å². The number of hydrogen-bond acceptors (Lipinski definition) is 2. The molecule has 0 aliphatic heterocycles. The molecule has 0 heterocycles. The van der Waals surface area contributed by atoms with Gasteiger partial charge in [0.25, 0.3) is 0 Å². The van der Waals surface area contributed by atoms with Gasteiger partial charge in [0.15, 0.2) is 0 Å². The lowest BCUT2D eigenvalue weighted by Gasteiger charge is -2.34. The van der Waals surface area contributed by atoms with E-state index < -0.39 is 0 Å². The van der Waals surface area contributed by atoms with E-state index in [1.807, 2.05) is 0 Å². The lowest BCUT2D eigenvalue weighted by Crippen LogP contribution is -2.17. The van der Waals surface area contributed by atoms with E-state index in [1.54, 1.807) is 5.57 Å². The van der Waals surface area contributed by atoms with Crippen LogP contribution in [0.3, 0.4) is 0 Å². The second kappa shape index (κ2) is 14.8. The van der Waals surface area contributed by atoms with Crippen molar-refractivity contribution in [3.63, 3.8) is 0 Å². The molecule has 0 aromatic heterocycles. The zero-order valence-corrected chi connectivity index (χ0v) is 32.6. The average molecular weight is 735 g/mol. The Bertz CT molecular complexity index is 2700. The Morgan fingerprint density at radius 3 is 1.60 bits per heavy atom. The van der Waals surface area contributed by atoms with Crippen molar-refractivity contribution < 1.29 is 0 Å². The lowest BCUT2D eigenvalue weighted by atomic mass is 9.71. The van der Waals surface area contributed by atoms with Crippen molar-refractivity contribution in [2.45, 2.75) is 32.1 Å². The van der Waals surface area contributed by atoms with E-state index in [0.29, 0.717) is 5.92 Å². The Kier molecular flexibility index (Phi) is 9.03. The molecule has 10 rings (SSSR count). The summed E-state index contributed by atoms with van der Waals surface area (Å²) >= 11 is 0. The Morgan fingerprint density at radius 1 is 0.456 bits per heavy atom. The smallest absolute Gasteiger partial charge is 0.0540 e. The van der Waals surface area contributed by atoms with Crippen LogP contribution in [0, 0.1) is 5.92 Å². The quantitative estimate of drug-likeness (QED) is 0.153. The number of allylic oxidation sites excluding steroid dienone is 1. The minimum absolute atomic E-state index is 0.694. The Hall–Kier alpha value is -6.64. The number of anilines is 5. The van der Waals surface area contributed by atoms with Crippen molar-refractivity contribution in [2.75, 3.05) is 16.8 Å². The highest BCUT2D eigenvalue weighted by atomic mass is 15.1. The summed E-state index contributed by atoms with van der Waals surface area (Å²) < 4.78 is 0. The van der Waals surface area contributed by atoms with Crippen LogP contribution < -0.4 is 9.80 Å². The van der Waals surface area contributed by atoms with Gasteiger partial charge in [-0.15, -0.1) is 0 Å². The van der Waals surface area contributed by atoms with Gasteiger partial charge >= 0.3 is 0 Å². The molecular formula is C55H46N2. The first-order valence-corrected chi connectivity index (χ1v) is 20.4. The Labute approximate surface area is 337 Å². The fraction of sp³-hybridized carbons (Fsp3) is 0.127. The normalized spacial score (nSPS) is 15.8. The van der Waals surface area contributed by atoms with Crippen molar-refractivity contribution in [1.82, 2.24) is 0 Å². The summed E-state index contributed by atoms with van der Waals surface area (Å²) in [5.41, 5.74) is 17.7. The van der Waals surface area contributed by atoms with Crippen LogP contribution >= 0.6 is 0 Å². The third-order valence-electron chi connectivity index (χ3n) is 12.2. The molecule has 2 aliphatic rings. The van der Waals surface area contributed by atoms with Gasteiger partial charge in [0.1, 0.15) is 0 Å². The first-order chi connectivity index (χ1) is 28.0. The summed E-state index contributed by atoms with van der Waals surface area (Å²) in [7, 11) is 2.15. The Morgan fingerprint density at radius 2 is 0.965 bits per heavy atom. The van der Waals surface area contributed by atoms with Crippen LogP contribution in [0.4, 0.5) is 28.4 Å². The number of nitrogens with zero attached hydrogens (tertiary/aromatic N) is 2. The molecule has 276 valence electrons. The standard InChI is InChI=1S/C55H46N2/c1-38-33-39-35-47(34-38)53-32-23-46(37-48(53)36-39)44-17-26-50(27-18-44)56(2)49-24-15-42(16-25-49)43-21-30-52(31-22-43)57(55-14-8-12-45-11-6-7-13-54(45)55)51-28-19-41(20-29-51)40-9-4-3-5-10-40/h3-32,36-38,47H,33-35H2,1-2H3. The second-order valence-corrected chi connectivity index (χ2v) is 16.0. The molecular weight excluding hydrogens is 689 g/mol. The lowest BCUT2D eigenvalue weighted by molar-refractivity contribution is 0.404. The molecule has 2 aliphatic carbocycles. The summed E-state index contributed by atoms with van der Waals surface area (Å²) in [5, 5.41) is 2.45. The van der Waals surface area contributed by atoms with Crippen LogP contribution in [0.25, 0.3) is 50.2 Å². The Balaban J connectivity index is 0.885. The number of fused-ring (bicyclic) bond motifs is 5. The van der Waals surface area contributed by atoms with Gasteiger partial charge in [0.2, 0.25) is 0 Å². The molecule has 8 aromatic carbocycles. The number of benzene rings is 8. The summed E-state index contributed by atoms with van der Waals surface area (Å²) in [6, 6.07) is 68.7. The molecule has 8 aromatic rings. The van der Waals surface area contributed by atoms with Gasteiger partial charge in [0.05, 0.1) is 5.69 Å². The molecule has 0 spiro atoms. The SMILES string of the molecule is CC1CC2=Cc3cc(-c4ccc(N(C)c5ccc(-c6ccc(N(c7ccc(-c8ccccc8)cc7)c7cccc8ccccc78)cc6)cc5)cc4)ccc3C(C2)C1. The van der Waals surface area contributed by atoms with Gasteiger partial charge in [0, 0.05) is 35.2 Å². The third-order valence-corrected chi connectivity index (χ3v) is 12.2. The fourth-order valence-corrected chi connectivity index (χ4v) is 9.30. The van der Waals surface area contributed by atoms with Gasteiger partial charge in [-0.3, -0.25) is 0 Å².